The third kappa shape index (κ3) is 7.56. The van der Waals surface area contributed by atoms with Crippen molar-refractivity contribution in [3.63, 3.8) is 0 Å². The molecule has 2 aromatic heterocycles. The minimum Gasteiger partial charge on any atom is -0.493 e. The number of aromatic nitrogens is 4. The van der Waals surface area contributed by atoms with E-state index >= 15 is 0 Å². The molecule has 0 aliphatic carbocycles. The summed E-state index contributed by atoms with van der Waals surface area (Å²) in [6.45, 7) is 9.72. The van der Waals surface area contributed by atoms with E-state index in [4.69, 9.17) is 13.9 Å². The van der Waals surface area contributed by atoms with Crippen molar-refractivity contribution in [2.75, 3.05) is 20.8 Å². The standard InChI is InChI=1S/C27H38N6O5/c1-8-9-20(26(35)28-27(3,4)5)32(15-14-19-11-13-21(36-6)23(16-19)37-7)24(34)17-33-30-25(29-31-33)22-12-10-18(2)38-22/h10-13,16,20H,8-9,14-15,17H2,1-7H3,(H,28,35). The van der Waals surface area contributed by atoms with Crippen molar-refractivity contribution in [3.05, 3.63) is 41.7 Å². The molecule has 1 unspecified atom stereocenters. The largest absolute Gasteiger partial charge is 0.493 e. The summed E-state index contributed by atoms with van der Waals surface area (Å²) in [5, 5.41) is 15.4. The van der Waals surface area contributed by atoms with Gasteiger partial charge in [-0.3, -0.25) is 9.59 Å². The zero-order valence-electron chi connectivity index (χ0n) is 23.3. The summed E-state index contributed by atoms with van der Waals surface area (Å²) in [6, 6.07) is 8.53. The van der Waals surface area contributed by atoms with Gasteiger partial charge in [-0.05, 0) is 75.6 Å². The van der Waals surface area contributed by atoms with Crippen molar-refractivity contribution in [2.24, 2.45) is 0 Å². The van der Waals surface area contributed by atoms with E-state index in [1.807, 2.05) is 52.8 Å². The summed E-state index contributed by atoms with van der Waals surface area (Å²) in [4.78, 5) is 29.8. The fraction of sp³-hybridized carbons (Fsp3) is 0.519. The molecule has 1 N–H and O–H groups in total. The van der Waals surface area contributed by atoms with Gasteiger partial charge in [0.1, 0.15) is 18.3 Å². The van der Waals surface area contributed by atoms with Gasteiger partial charge in [-0.2, -0.15) is 4.80 Å². The predicted octanol–water partition coefficient (Wildman–Crippen LogP) is 3.41. The molecule has 0 spiro atoms. The first-order chi connectivity index (χ1) is 18.0. The van der Waals surface area contributed by atoms with E-state index in [0.29, 0.717) is 42.5 Å². The Morgan fingerprint density at radius 3 is 2.47 bits per heavy atom. The zero-order chi connectivity index (χ0) is 27.9. The van der Waals surface area contributed by atoms with Crippen molar-refractivity contribution >= 4 is 11.8 Å². The quantitative estimate of drug-likeness (QED) is 0.381. The van der Waals surface area contributed by atoms with E-state index in [2.05, 4.69) is 20.7 Å². The molecule has 0 fully saturated rings. The lowest BCUT2D eigenvalue weighted by Gasteiger charge is -2.33. The highest BCUT2D eigenvalue weighted by atomic mass is 16.5. The predicted molar refractivity (Wildman–Crippen MR) is 142 cm³/mol. The first-order valence-electron chi connectivity index (χ1n) is 12.7. The smallest absolute Gasteiger partial charge is 0.246 e. The fourth-order valence-electron chi connectivity index (χ4n) is 4.07. The SMILES string of the molecule is CCCC(C(=O)NC(C)(C)C)N(CCc1ccc(OC)c(OC)c1)C(=O)Cn1nnc(-c2ccc(C)o2)n1. The number of ether oxygens (including phenoxy) is 2. The number of nitrogens with one attached hydrogen (secondary N) is 1. The van der Waals surface area contributed by atoms with Crippen LogP contribution in [0.15, 0.2) is 34.7 Å². The van der Waals surface area contributed by atoms with Crippen LogP contribution in [0.4, 0.5) is 0 Å². The Kier molecular flexibility index (Phi) is 9.49. The Balaban J connectivity index is 1.85. The average molecular weight is 527 g/mol. The molecule has 11 heteroatoms. The maximum atomic E-state index is 13.6. The van der Waals surface area contributed by atoms with E-state index < -0.39 is 11.6 Å². The molecule has 2 amide bonds. The van der Waals surface area contributed by atoms with E-state index in [9.17, 15) is 9.59 Å². The van der Waals surface area contributed by atoms with Crippen LogP contribution in [0, 0.1) is 6.92 Å². The number of benzene rings is 1. The van der Waals surface area contributed by atoms with E-state index in [-0.39, 0.29) is 18.4 Å². The highest BCUT2D eigenvalue weighted by Crippen LogP contribution is 2.28. The van der Waals surface area contributed by atoms with Crippen molar-refractivity contribution in [1.82, 2.24) is 30.4 Å². The molecular weight excluding hydrogens is 488 g/mol. The second-order valence-electron chi connectivity index (χ2n) is 10.1. The molecule has 2 heterocycles. The number of carbonyl (C=O) groups excluding carboxylic acids is 2. The van der Waals surface area contributed by atoms with E-state index in [0.717, 1.165) is 17.7 Å². The molecule has 0 radical (unpaired) electrons. The molecule has 11 nitrogen and oxygen atoms in total. The molecule has 0 aliphatic rings. The Morgan fingerprint density at radius 2 is 1.87 bits per heavy atom. The van der Waals surface area contributed by atoms with Crippen LogP contribution in [-0.2, 0) is 22.6 Å². The Labute approximate surface area is 223 Å². The number of tetrazole rings is 1. The van der Waals surface area contributed by atoms with Crippen molar-refractivity contribution < 1.29 is 23.5 Å². The molecule has 3 aromatic rings. The number of nitrogens with zero attached hydrogens (tertiary/aromatic N) is 5. The number of hydrogen-bond acceptors (Lipinski definition) is 8. The van der Waals surface area contributed by atoms with Crippen LogP contribution in [0.25, 0.3) is 11.6 Å². The third-order valence-electron chi connectivity index (χ3n) is 5.84. The highest BCUT2D eigenvalue weighted by Gasteiger charge is 2.31. The first-order valence-corrected chi connectivity index (χ1v) is 12.7. The Hall–Kier alpha value is -3.89. The minimum atomic E-state index is -0.650. The van der Waals surface area contributed by atoms with Gasteiger partial charge in [-0.1, -0.05) is 19.4 Å². The van der Waals surface area contributed by atoms with Crippen LogP contribution >= 0.6 is 0 Å². The lowest BCUT2D eigenvalue weighted by molar-refractivity contribution is -0.142. The van der Waals surface area contributed by atoms with Crippen LogP contribution in [0.2, 0.25) is 0 Å². The Morgan fingerprint density at radius 1 is 1.13 bits per heavy atom. The lowest BCUT2D eigenvalue weighted by Crippen LogP contribution is -2.54. The molecular formula is C27H38N6O5. The number of aryl methyl sites for hydroxylation is 1. The molecule has 0 bridgehead atoms. The normalized spacial score (nSPS) is 12.2. The summed E-state index contributed by atoms with van der Waals surface area (Å²) < 4.78 is 16.3. The van der Waals surface area contributed by atoms with Crippen molar-refractivity contribution in [3.8, 4) is 23.1 Å². The number of carbonyl (C=O) groups is 2. The molecule has 0 aliphatic heterocycles. The van der Waals surface area contributed by atoms with Gasteiger partial charge in [0.2, 0.25) is 17.6 Å². The third-order valence-corrected chi connectivity index (χ3v) is 5.84. The van der Waals surface area contributed by atoms with Gasteiger partial charge in [-0.25, -0.2) is 0 Å². The fourth-order valence-corrected chi connectivity index (χ4v) is 4.07. The van der Waals surface area contributed by atoms with Crippen LogP contribution in [-0.4, -0.2) is 69.3 Å². The van der Waals surface area contributed by atoms with Gasteiger partial charge in [0, 0.05) is 12.1 Å². The average Bonchev–Trinajstić information content (AvgIpc) is 3.51. The molecule has 3 rings (SSSR count). The van der Waals surface area contributed by atoms with Gasteiger partial charge in [0.05, 0.1) is 14.2 Å². The van der Waals surface area contributed by atoms with Crippen LogP contribution in [0.3, 0.4) is 0 Å². The zero-order valence-corrected chi connectivity index (χ0v) is 23.3. The maximum Gasteiger partial charge on any atom is 0.246 e. The highest BCUT2D eigenvalue weighted by molar-refractivity contribution is 5.88. The summed E-state index contributed by atoms with van der Waals surface area (Å²) in [7, 11) is 3.16. The molecule has 1 atom stereocenters. The summed E-state index contributed by atoms with van der Waals surface area (Å²) in [6.07, 6.45) is 1.75. The van der Waals surface area contributed by atoms with Gasteiger partial charge in [0.15, 0.2) is 17.3 Å². The van der Waals surface area contributed by atoms with Gasteiger partial charge < -0.3 is 24.1 Å². The molecule has 206 valence electrons. The monoisotopic (exact) mass is 526 g/mol. The number of rotatable bonds is 12. The summed E-state index contributed by atoms with van der Waals surface area (Å²) in [5.41, 5.74) is 0.506. The molecule has 1 aromatic carbocycles. The van der Waals surface area contributed by atoms with E-state index in [1.165, 1.54) is 4.80 Å². The summed E-state index contributed by atoms with van der Waals surface area (Å²) >= 11 is 0. The first kappa shape index (κ1) is 28.7. The summed E-state index contributed by atoms with van der Waals surface area (Å²) in [5.74, 6) is 2.23. The number of amides is 2. The Bertz CT molecular complexity index is 1230. The maximum absolute atomic E-state index is 13.6. The second kappa shape index (κ2) is 12.6. The number of hydrogen-bond donors (Lipinski definition) is 1. The van der Waals surface area contributed by atoms with Crippen LogP contribution in [0.1, 0.15) is 51.9 Å². The second-order valence-corrected chi connectivity index (χ2v) is 10.1. The number of furan rings is 1. The van der Waals surface area contributed by atoms with Gasteiger partial charge in [-0.15, -0.1) is 10.2 Å². The lowest BCUT2D eigenvalue weighted by atomic mass is 10.0. The molecule has 0 saturated carbocycles. The topological polar surface area (TPSA) is 125 Å². The van der Waals surface area contributed by atoms with Crippen molar-refractivity contribution in [2.45, 2.75) is 72.0 Å². The van der Waals surface area contributed by atoms with E-state index in [1.54, 1.807) is 31.3 Å². The minimum absolute atomic E-state index is 0.165. The van der Waals surface area contributed by atoms with Crippen LogP contribution < -0.4 is 14.8 Å². The van der Waals surface area contributed by atoms with Gasteiger partial charge >= 0.3 is 0 Å². The number of methoxy groups -OCH3 is 2. The molecule has 0 saturated heterocycles. The van der Waals surface area contributed by atoms with Crippen LogP contribution in [0.5, 0.6) is 11.5 Å². The van der Waals surface area contributed by atoms with Crippen molar-refractivity contribution in [1.29, 1.82) is 0 Å². The van der Waals surface area contributed by atoms with Gasteiger partial charge in [0.25, 0.3) is 0 Å². The molecule has 38 heavy (non-hydrogen) atoms.